The lowest BCUT2D eigenvalue weighted by Crippen LogP contribution is -2.42. The average molecular weight is 247 g/mol. The molecule has 0 aliphatic heterocycles. The fraction of sp³-hybridized carbons (Fsp3) is 0.533. The largest absolute Gasteiger partial charge is 0.388 e. The van der Waals surface area contributed by atoms with Crippen molar-refractivity contribution in [1.82, 2.24) is 5.32 Å². The number of rotatable bonds is 4. The van der Waals surface area contributed by atoms with Crippen molar-refractivity contribution in [2.75, 3.05) is 6.54 Å². The first kappa shape index (κ1) is 13.1. The second kappa shape index (κ2) is 4.73. The molecule has 1 amide bonds. The van der Waals surface area contributed by atoms with Crippen LogP contribution in [0, 0.1) is 19.8 Å². The Morgan fingerprint density at radius 2 is 2.11 bits per heavy atom. The van der Waals surface area contributed by atoms with E-state index in [9.17, 15) is 9.90 Å². The van der Waals surface area contributed by atoms with Gasteiger partial charge in [-0.05, 0) is 51.2 Å². The third kappa shape index (κ3) is 2.91. The Bertz CT molecular complexity index is 462. The average Bonchev–Trinajstić information content (AvgIpc) is 3.10. The number of benzene rings is 1. The predicted molar refractivity (Wildman–Crippen MR) is 71.6 cm³/mol. The summed E-state index contributed by atoms with van der Waals surface area (Å²) in [6.45, 7) is 6.06. The van der Waals surface area contributed by atoms with E-state index < -0.39 is 5.60 Å². The summed E-state index contributed by atoms with van der Waals surface area (Å²) in [6.07, 6.45) is 2.12. The van der Waals surface area contributed by atoms with Crippen LogP contribution in [0.1, 0.15) is 41.3 Å². The molecule has 1 saturated carbocycles. The van der Waals surface area contributed by atoms with E-state index in [1.54, 1.807) is 6.92 Å². The molecule has 0 bridgehead atoms. The Kier molecular flexibility index (Phi) is 3.44. The second-order valence-electron chi connectivity index (χ2n) is 5.63. The zero-order valence-corrected chi connectivity index (χ0v) is 11.3. The molecule has 0 saturated heterocycles. The predicted octanol–water partition coefficient (Wildman–Crippen LogP) is 2.19. The molecular formula is C15H21NO2. The third-order valence-corrected chi connectivity index (χ3v) is 3.69. The van der Waals surface area contributed by atoms with Gasteiger partial charge in [-0.2, -0.15) is 0 Å². The van der Waals surface area contributed by atoms with Gasteiger partial charge in [0.15, 0.2) is 0 Å². The van der Waals surface area contributed by atoms with E-state index in [0.717, 1.165) is 24.0 Å². The summed E-state index contributed by atoms with van der Waals surface area (Å²) >= 11 is 0. The van der Waals surface area contributed by atoms with Crippen LogP contribution in [0.4, 0.5) is 0 Å². The number of aryl methyl sites for hydroxylation is 2. The van der Waals surface area contributed by atoms with E-state index in [2.05, 4.69) is 5.32 Å². The standard InChI is InChI=1S/C15H21NO2/c1-10-4-7-13(11(2)8-10)14(17)16-9-15(3,18)12-5-6-12/h4,7-8,12,18H,5-6,9H2,1-3H3,(H,16,17). The molecule has 3 nitrogen and oxygen atoms in total. The topological polar surface area (TPSA) is 49.3 Å². The van der Waals surface area contributed by atoms with Crippen LogP contribution >= 0.6 is 0 Å². The van der Waals surface area contributed by atoms with E-state index >= 15 is 0 Å². The molecule has 98 valence electrons. The molecule has 1 aromatic carbocycles. The SMILES string of the molecule is Cc1ccc(C(=O)NCC(C)(O)C2CC2)c(C)c1. The van der Waals surface area contributed by atoms with Crippen molar-refractivity contribution in [3.05, 3.63) is 34.9 Å². The summed E-state index contributed by atoms with van der Waals surface area (Å²) in [5.74, 6) is 0.241. The van der Waals surface area contributed by atoms with Gasteiger partial charge < -0.3 is 10.4 Å². The van der Waals surface area contributed by atoms with E-state index in [-0.39, 0.29) is 5.91 Å². The zero-order chi connectivity index (χ0) is 13.3. The number of hydrogen-bond acceptors (Lipinski definition) is 2. The van der Waals surface area contributed by atoms with E-state index in [1.807, 2.05) is 32.0 Å². The summed E-state index contributed by atoms with van der Waals surface area (Å²) in [7, 11) is 0. The minimum Gasteiger partial charge on any atom is -0.388 e. The van der Waals surface area contributed by atoms with Crippen LogP contribution in [-0.4, -0.2) is 23.2 Å². The van der Waals surface area contributed by atoms with E-state index in [4.69, 9.17) is 0 Å². The Morgan fingerprint density at radius 3 is 2.67 bits per heavy atom. The van der Waals surface area contributed by atoms with Crippen LogP contribution in [0.2, 0.25) is 0 Å². The fourth-order valence-corrected chi connectivity index (χ4v) is 2.27. The summed E-state index contributed by atoms with van der Waals surface area (Å²) < 4.78 is 0. The van der Waals surface area contributed by atoms with Crippen LogP contribution in [0.25, 0.3) is 0 Å². The Morgan fingerprint density at radius 1 is 1.44 bits per heavy atom. The lowest BCUT2D eigenvalue weighted by Gasteiger charge is -2.23. The Balaban J connectivity index is 1.99. The molecule has 0 heterocycles. The monoisotopic (exact) mass is 247 g/mol. The van der Waals surface area contributed by atoms with Gasteiger partial charge in [0.1, 0.15) is 0 Å². The van der Waals surface area contributed by atoms with Crippen LogP contribution in [0.5, 0.6) is 0 Å². The molecule has 2 N–H and O–H groups in total. The molecule has 0 radical (unpaired) electrons. The first-order chi connectivity index (χ1) is 8.40. The normalized spacial score (nSPS) is 18.2. The van der Waals surface area contributed by atoms with Crippen molar-refractivity contribution in [3.63, 3.8) is 0 Å². The van der Waals surface area contributed by atoms with Gasteiger partial charge in [-0.3, -0.25) is 4.79 Å². The van der Waals surface area contributed by atoms with Crippen molar-refractivity contribution in [3.8, 4) is 0 Å². The first-order valence-electron chi connectivity index (χ1n) is 6.48. The van der Waals surface area contributed by atoms with Gasteiger partial charge in [0.05, 0.1) is 5.60 Å². The number of carbonyl (C=O) groups is 1. The van der Waals surface area contributed by atoms with Crippen molar-refractivity contribution in [2.45, 2.75) is 39.2 Å². The highest BCUT2D eigenvalue weighted by atomic mass is 16.3. The number of carbonyl (C=O) groups excluding carboxylic acids is 1. The fourth-order valence-electron chi connectivity index (χ4n) is 2.27. The smallest absolute Gasteiger partial charge is 0.251 e. The molecular weight excluding hydrogens is 226 g/mol. The van der Waals surface area contributed by atoms with Crippen LogP contribution in [0.3, 0.4) is 0 Å². The van der Waals surface area contributed by atoms with Crippen molar-refractivity contribution in [1.29, 1.82) is 0 Å². The van der Waals surface area contributed by atoms with Crippen LogP contribution in [0.15, 0.2) is 18.2 Å². The number of amides is 1. The summed E-state index contributed by atoms with van der Waals surface area (Å²) in [4.78, 5) is 12.0. The van der Waals surface area contributed by atoms with Crippen molar-refractivity contribution < 1.29 is 9.90 Å². The highest BCUT2D eigenvalue weighted by molar-refractivity contribution is 5.95. The molecule has 1 fully saturated rings. The van der Waals surface area contributed by atoms with Gasteiger partial charge in [-0.25, -0.2) is 0 Å². The lowest BCUT2D eigenvalue weighted by atomic mass is 10.00. The zero-order valence-electron chi connectivity index (χ0n) is 11.3. The number of aliphatic hydroxyl groups is 1. The third-order valence-electron chi connectivity index (χ3n) is 3.69. The molecule has 0 spiro atoms. The van der Waals surface area contributed by atoms with Gasteiger partial charge >= 0.3 is 0 Å². The molecule has 1 unspecified atom stereocenters. The van der Waals surface area contributed by atoms with Crippen molar-refractivity contribution >= 4 is 5.91 Å². The minimum absolute atomic E-state index is 0.103. The summed E-state index contributed by atoms with van der Waals surface area (Å²) in [5, 5.41) is 13.0. The molecule has 1 aromatic rings. The minimum atomic E-state index is -0.770. The number of hydrogen-bond donors (Lipinski definition) is 2. The Hall–Kier alpha value is -1.35. The van der Waals surface area contributed by atoms with Crippen LogP contribution in [-0.2, 0) is 0 Å². The van der Waals surface area contributed by atoms with Crippen molar-refractivity contribution in [2.24, 2.45) is 5.92 Å². The number of nitrogens with one attached hydrogen (secondary N) is 1. The van der Waals surface area contributed by atoms with E-state index in [0.29, 0.717) is 18.0 Å². The first-order valence-corrected chi connectivity index (χ1v) is 6.48. The molecule has 18 heavy (non-hydrogen) atoms. The molecule has 1 aliphatic carbocycles. The molecule has 0 aromatic heterocycles. The summed E-state index contributed by atoms with van der Waals surface area (Å²) in [5.41, 5.74) is 2.04. The summed E-state index contributed by atoms with van der Waals surface area (Å²) in [6, 6.07) is 5.76. The van der Waals surface area contributed by atoms with Gasteiger partial charge in [0.25, 0.3) is 5.91 Å². The molecule has 1 atom stereocenters. The van der Waals surface area contributed by atoms with E-state index in [1.165, 1.54) is 0 Å². The second-order valence-corrected chi connectivity index (χ2v) is 5.63. The highest BCUT2D eigenvalue weighted by Crippen LogP contribution is 2.39. The molecule has 2 rings (SSSR count). The molecule has 3 heteroatoms. The lowest BCUT2D eigenvalue weighted by molar-refractivity contribution is 0.0354. The van der Waals surface area contributed by atoms with Gasteiger partial charge in [-0.1, -0.05) is 17.7 Å². The maximum absolute atomic E-state index is 12.0. The van der Waals surface area contributed by atoms with Gasteiger partial charge in [0.2, 0.25) is 0 Å². The van der Waals surface area contributed by atoms with Crippen LogP contribution < -0.4 is 5.32 Å². The highest BCUT2D eigenvalue weighted by Gasteiger charge is 2.39. The Labute approximate surface area is 108 Å². The van der Waals surface area contributed by atoms with Gasteiger partial charge in [-0.15, -0.1) is 0 Å². The maximum atomic E-state index is 12.0. The maximum Gasteiger partial charge on any atom is 0.251 e. The molecule has 1 aliphatic rings. The quantitative estimate of drug-likeness (QED) is 0.857. The van der Waals surface area contributed by atoms with Gasteiger partial charge in [0, 0.05) is 12.1 Å².